The molecule has 0 atom stereocenters. The molecule has 4 rings (SSSR count). The lowest BCUT2D eigenvalue weighted by Gasteiger charge is -2.09. The molecule has 9 heteroatoms. The summed E-state index contributed by atoms with van der Waals surface area (Å²) in [6, 6.07) is 12.1. The minimum absolute atomic E-state index is 0.0148. The van der Waals surface area contributed by atoms with Crippen molar-refractivity contribution >= 4 is 70.8 Å². The van der Waals surface area contributed by atoms with E-state index in [2.05, 4.69) is 57.8 Å². The quantitative estimate of drug-likeness (QED) is 0.249. The second-order valence-electron chi connectivity index (χ2n) is 6.23. The molecule has 30 heavy (non-hydrogen) atoms. The highest BCUT2D eigenvalue weighted by molar-refractivity contribution is 9.13. The van der Waals surface area contributed by atoms with E-state index in [0.717, 1.165) is 10.0 Å². The lowest BCUT2D eigenvalue weighted by atomic mass is 10.2. The molecule has 0 amide bonds. The zero-order valence-electron chi connectivity index (χ0n) is 15.4. The number of halogens is 3. The molecule has 0 spiro atoms. The number of fused-ring (bicyclic) bond motifs is 1. The Kier molecular flexibility index (Phi) is 5.86. The van der Waals surface area contributed by atoms with Crippen LogP contribution in [0.15, 0.2) is 65.3 Å². The molecule has 0 radical (unpaired) electrons. The first-order chi connectivity index (χ1) is 14.4. The molecule has 152 valence electrons. The second kappa shape index (κ2) is 8.41. The Bertz CT molecular complexity index is 1300. The van der Waals surface area contributed by atoms with Crippen molar-refractivity contribution in [2.45, 2.75) is 0 Å². The van der Waals surface area contributed by atoms with E-state index in [1.807, 2.05) is 0 Å². The standard InChI is InChI=1S/C21H13Br3N2O4/c1-29-18-8-14(23)19(24)12(20(18)28)9-25-11-3-5-17-15(7-11)26-21(30-17)10-2-4-16(27)13(22)6-10/h2-9,27-28H,1H3. The largest absolute Gasteiger partial charge is 0.507 e. The molecule has 1 heterocycles. The number of benzene rings is 3. The van der Waals surface area contributed by atoms with E-state index in [4.69, 9.17) is 9.15 Å². The van der Waals surface area contributed by atoms with E-state index >= 15 is 0 Å². The third-order valence-corrected chi connectivity index (χ3v) is 6.97. The number of ether oxygens (including phenoxy) is 1. The predicted octanol–water partition coefficient (Wildman–Crippen LogP) is 6.95. The molecule has 2 N–H and O–H groups in total. The van der Waals surface area contributed by atoms with E-state index in [0.29, 0.717) is 42.9 Å². The van der Waals surface area contributed by atoms with Crippen LogP contribution in [0.2, 0.25) is 0 Å². The van der Waals surface area contributed by atoms with Gasteiger partial charge < -0.3 is 19.4 Å². The summed E-state index contributed by atoms with van der Waals surface area (Å²) in [6.45, 7) is 0. The second-order valence-corrected chi connectivity index (χ2v) is 8.73. The Morgan fingerprint density at radius 1 is 1.03 bits per heavy atom. The molecular formula is C21H13Br3N2O4. The minimum Gasteiger partial charge on any atom is -0.507 e. The highest BCUT2D eigenvalue weighted by atomic mass is 79.9. The number of phenols is 2. The molecule has 4 aromatic rings. The van der Waals surface area contributed by atoms with E-state index in [9.17, 15) is 10.2 Å². The highest BCUT2D eigenvalue weighted by Gasteiger charge is 2.15. The SMILES string of the molecule is COc1cc(Br)c(Br)c(C=Nc2ccc3oc(-c4ccc(O)c(Br)c4)nc3c2)c1O. The van der Waals surface area contributed by atoms with Crippen molar-refractivity contribution in [1.29, 1.82) is 0 Å². The van der Waals surface area contributed by atoms with Crippen LogP contribution in [-0.2, 0) is 0 Å². The van der Waals surface area contributed by atoms with Crippen LogP contribution in [0.3, 0.4) is 0 Å². The third-order valence-electron chi connectivity index (χ3n) is 4.32. The Hall–Kier alpha value is -2.36. The fourth-order valence-electron chi connectivity index (χ4n) is 2.78. The van der Waals surface area contributed by atoms with Gasteiger partial charge in [0, 0.05) is 20.7 Å². The van der Waals surface area contributed by atoms with Gasteiger partial charge in [-0.3, -0.25) is 4.99 Å². The Morgan fingerprint density at radius 3 is 2.57 bits per heavy atom. The zero-order valence-corrected chi connectivity index (χ0v) is 20.1. The minimum atomic E-state index is -0.0148. The van der Waals surface area contributed by atoms with Gasteiger partial charge in [0.15, 0.2) is 17.1 Å². The monoisotopic (exact) mass is 594 g/mol. The summed E-state index contributed by atoms with van der Waals surface area (Å²) >= 11 is 10.2. The summed E-state index contributed by atoms with van der Waals surface area (Å²) in [5.41, 5.74) is 3.10. The molecular weight excluding hydrogens is 584 g/mol. The number of methoxy groups -OCH3 is 1. The lowest BCUT2D eigenvalue weighted by molar-refractivity contribution is 0.372. The van der Waals surface area contributed by atoms with E-state index < -0.39 is 0 Å². The average molecular weight is 597 g/mol. The van der Waals surface area contributed by atoms with E-state index in [1.54, 1.807) is 48.7 Å². The van der Waals surface area contributed by atoms with Gasteiger partial charge in [0.05, 0.1) is 22.8 Å². The van der Waals surface area contributed by atoms with Crippen LogP contribution in [0.4, 0.5) is 5.69 Å². The molecule has 0 bridgehead atoms. The normalized spacial score (nSPS) is 11.5. The van der Waals surface area contributed by atoms with Gasteiger partial charge in [-0.25, -0.2) is 4.98 Å². The van der Waals surface area contributed by atoms with Gasteiger partial charge in [-0.2, -0.15) is 0 Å². The summed E-state index contributed by atoms with van der Waals surface area (Å²) in [5, 5.41) is 20.1. The molecule has 3 aromatic carbocycles. The summed E-state index contributed by atoms with van der Waals surface area (Å²) < 4.78 is 13.0. The summed E-state index contributed by atoms with van der Waals surface area (Å²) in [4.78, 5) is 8.98. The molecule has 1 aromatic heterocycles. The lowest BCUT2D eigenvalue weighted by Crippen LogP contribution is -1.91. The fourth-order valence-corrected chi connectivity index (χ4v) is 3.99. The molecule has 0 aliphatic carbocycles. The topological polar surface area (TPSA) is 88.1 Å². The number of hydrogen-bond donors (Lipinski definition) is 2. The molecule has 6 nitrogen and oxygen atoms in total. The van der Waals surface area contributed by atoms with Gasteiger partial charge in [0.2, 0.25) is 5.89 Å². The zero-order chi connectivity index (χ0) is 21.4. The number of oxazole rings is 1. The number of rotatable bonds is 4. The van der Waals surface area contributed by atoms with Gasteiger partial charge in [0.1, 0.15) is 11.3 Å². The van der Waals surface area contributed by atoms with Gasteiger partial charge in [-0.15, -0.1) is 0 Å². The molecule has 0 unspecified atom stereocenters. The van der Waals surface area contributed by atoms with Crippen molar-refractivity contribution in [3.63, 3.8) is 0 Å². The van der Waals surface area contributed by atoms with Gasteiger partial charge >= 0.3 is 0 Å². The maximum Gasteiger partial charge on any atom is 0.227 e. The molecule has 0 aliphatic heterocycles. The number of aromatic nitrogens is 1. The maximum atomic E-state index is 10.4. The molecule has 0 saturated heterocycles. The summed E-state index contributed by atoms with van der Waals surface area (Å²) in [6.07, 6.45) is 1.55. The highest BCUT2D eigenvalue weighted by Crippen LogP contribution is 2.40. The third kappa shape index (κ3) is 3.97. The van der Waals surface area contributed by atoms with Crippen LogP contribution >= 0.6 is 47.8 Å². The van der Waals surface area contributed by atoms with E-state index in [-0.39, 0.29) is 11.5 Å². The summed E-state index contributed by atoms with van der Waals surface area (Å²) in [7, 11) is 1.49. The number of aliphatic imine (C=N–C) groups is 1. The Morgan fingerprint density at radius 2 is 1.83 bits per heavy atom. The van der Waals surface area contributed by atoms with Crippen molar-refractivity contribution in [3.8, 4) is 28.7 Å². The molecule has 0 saturated carbocycles. The first-order valence-corrected chi connectivity index (χ1v) is 10.9. The van der Waals surface area contributed by atoms with Crippen LogP contribution in [-0.4, -0.2) is 28.5 Å². The average Bonchev–Trinajstić information content (AvgIpc) is 3.16. The van der Waals surface area contributed by atoms with Crippen LogP contribution in [0.5, 0.6) is 17.2 Å². The fraction of sp³-hybridized carbons (Fsp3) is 0.0476. The number of nitrogens with zero attached hydrogens (tertiary/aromatic N) is 2. The predicted molar refractivity (Wildman–Crippen MR) is 126 cm³/mol. The van der Waals surface area contributed by atoms with Crippen LogP contribution in [0, 0.1) is 0 Å². The smallest absolute Gasteiger partial charge is 0.227 e. The molecule has 0 aliphatic rings. The first kappa shape index (κ1) is 20.9. The van der Waals surface area contributed by atoms with Crippen molar-refractivity contribution in [3.05, 3.63) is 61.4 Å². The summed E-state index contributed by atoms with van der Waals surface area (Å²) in [5.74, 6) is 0.899. The van der Waals surface area contributed by atoms with Crippen LogP contribution in [0.25, 0.3) is 22.6 Å². The van der Waals surface area contributed by atoms with Gasteiger partial charge in [0.25, 0.3) is 0 Å². The number of hydrogen-bond acceptors (Lipinski definition) is 6. The first-order valence-electron chi connectivity index (χ1n) is 8.56. The van der Waals surface area contributed by atoms with Crippen molar-refractivity contribution < 1.29 is 19.4 Å². The van der Waals surface area contributed by atoms with Crippen LogP contribution in [0.1, 0.15) is 5.56 Å². The van der Waals surface area contributed by atoms with Crippen molar-refractivity contribution in [2.75, 3.05) is 7.11 Å². The number of aromatic hydroxyl groups is 2. The number of phenolic OH excluding ortho intramolecular Hbond substituents is 2. The van der Waals surface area contributed by atoms with Gasteiger partial charge in [-0.05, 0) is 90.3 Å². The van der Waals surface area contributed by atoms with E-state index in [1.165, 1.54) is 7.11 Å². The van der Waals surface area contributed by atoms with Crippen LogP contribution < -0.4 is 4.74 Å². The Balaban J connectivity index is 1.70. The maximum absolute atomic E-state index is 10.4. The van der Waals surface area contributed by atoms with Crippen molar-refractivity contribution in [1.82, 2.24) is 4.98 Å². The van der Waals surface area contributed by atoms with Crippen molar-refractivity contribution in [2.24, 2.45) is 4.99 Å². The van der Waals surface area contributed by atoms with Gasteiger partial charge in [-0.1, -0.05) is 0 Å². The Labute approximate surface area is 196 Å². The molecule has 0 fully saturated rings.